The molecular weight excluding hydrogens is 853 g/mol. The topological polar surface area (TPSA) is 78.9 Å². The summed E-state index contributed by atoms with van der Waals surface area (Å²) in [6.07, 6.45) is 70.3. The van der Waals surface area contributed by atoms with Gasteiger partial charge < -0.3 is 14.2 Å². The second-order valence-corrected chi connectivity index (χ2v) is 20.6. The van der Waals surface area contributed by atoms with Gasteiger partial charge in [-0.3, -0.25) is 14.4 Å². The highest BCUT2D eigenvalue weighted by molar-refractivity contribution is 5.71. The van der Waals surface area contributed by atoms with Gasteiger partial charge in [0.05, 0.1) is 0 Å². The van der Waals surface area contributed by atoms with E-state index in [1.54, 1.807) is 0 Å². The Balaban J connectivity index is 4.01. The van der Waals surface area contributed by atoms with Crippen LogP contribution >= 0.6 is 0 Å². The van der Waals surface area contributed by atoms with E-state index in [1.165, 1.54) is 218 Å². The van der Waals surface area contributed by atoms with E-state index in [4.69, 9.17) is 14.2 Å². The summed E-state index contributed by atoms with van der Waals surface area (Å²) >= 11 is 0. The minimum Gasteiger partial charge on any atom is -0.462 e. The standard InChI is InChI=1S/C63H116O6/c1-4-7-10-13-16-19-22-23-24-25-26-27-28-29-30-31-32-33-34-35-36-37-38-39-40-41-42-45-47-50-53-56-62(65)68-59-60(69-63(66)57-54-51-48-44-21-18-15-12-9-6-3)58-67-61(64)55-52-49-46-43-20-17-14-11-8-5-2/h22-23,25-26,28-29,60H,4-21,24,27,30-59H2,1-3H3/b23-22-,26-25-,29-28-. The lowest BCUT2D eigenvalue weighted by Gasteiger charge is -2.18. The van der Waals surface area contributed by atoms with E-state index in [-0.39, 0.29) is 31.1 Å². The molecule has 1 unspecified atom stereocenters. The zero-order valence-corrected chi connectivity index (χ0v) is 46.3. The summed E-state index contributed by atoms with van der Waals surface area (Å²) in [6, 6.07) is 0. The molecule has 0 saturated heterocycles. The van der Waals surface area contributed by atoms with Crippen LogP contribution in [-0.4, -0.2) is 37.2 Å². The highest BCUT2D eigenvalue weighted by Gasteiger charge is 2.19. The van der Waals surface area contributed by atoms with Gasteiger partial charge in [0, 0.05) is 19.3 Å². The van der Waals surface area contributed by atoms with Crippen molar-refractivity contribution in [2.45, 2.75) is 335 Å². The predicted octanol–water partition coefficient (Wildman–Crippen LogP) is 20.4. The molecule has 0 spiro atoms. The maximum absolute atomic E-state index is 12.8. The molecule has 0 rings (SSSR count). The van der Waals surface area contributed by atoms with Gasteiger partial charge in [-0.15, -0.1) is 0 Å². The van der Waals surface area contributed by atoms with Crippen molar-refractivity contribution in [2.75, 3.05) is 13.2 Å². The molecule has 6 nitrogen and oxygen atoms in total. The molecule has 0 N–H and O–H groups in total. The molecule has 0 aromatic rings. The lowest BCUT2D eigenvalue weighted by Crippen LogP contribution is -2.30. The number of allylic oxidation sites excluding steroid dienone is 6. The van der Waals surface area contributed by atoms with Crippen LogP contribution < -0.4 is 0 Å². The molecule has 0 aliphatic carbocycles. The van der Waals surface area contributed by atoms with Gasteiger partial charge in [-0.2, -0.15) is 0 Å². The fraction of sp³-hybridized carbons (Fsp3) is 0.857. The van der Waals surface area contributed by atoms with E-state index in [9.17, 15) is 14.4 Å². The maximum Gasteiger partial charge on any atom is 0.306 e. The number of carbonyl (C=O) groups is 3. The molecule has 0 saturated carbocycles. The van der Waals surface area contributed by atoms with Gasteiger partial charge in [0.25, 0.3) is 0 Å². The fourth-order valence-electron chi connectivity index (χ4n) is 9.04. The molecule has 0 bridgehead atoms. The summed E-state index contributed by atoms with van der Waals surface area (Å²) in [5, 5.41) is 0. The van der Waals surface area contributed by atoms with Crippen LogP contribution in [0, 0.1) is 0 Å². The second kappa shape index (κ2) is 58.2. The van der Waals surface area contributed by atoms with Crippen LogP contribution in [0.1, 0.15) is 329 Å². The Hall–Kier alpha value is -2.37. The zero-order valence-electron chi connectivity index (χ0n) is 46.3. The Kier molecular flexibility index (Phi) is 56.2. The van der Waals surface area contributed by atoms with Crippen molar-refractivity contribution in [3.8, 4) is 0 Å². The number of hydrogen-bond donors (Lipinski definition) is 0. The van der Waals surface area contributed by atoms with Gasteiger partial charge in [-0.05, 0) is 57.8 Å². The maximum atomic E-state index is 12.8. The van der Waals surface area contributed by atoms with E-state index in [0.29, 0.717) is 19.3 Å². The molecule has 0 aromatic carbocycles. The average molecular weight is 970 g/mol. The van der Waals surface area contributed by atoms with Crippen molar-refractivity contribution in [1.29, 1.82) is 0 Å². The Labute approximate surface area is 429 Å². The van der Waals surface area contributed by atoms with Gasteiger partial charge in [0.15, 0.2) is 6.10 Å². The van der Waals surface area contributed by atoms with E-state index in [2.05, 4.69) is 57.2 Å². The summed E-state index contributed by atoms with van der Waals surface area (Å²) in [4.78, 5) is 38.0. The number of hydrogen-bond acceptors (Lipinski definition) is 6. The molecule has 0 heterocycles. The van der Waals surface area contributed by atoms with Crippen LogP contribution in [0.25, 0.3) is 0 Å². The number of esters is 3. The Bertz CT molecular complexity index is 1160. The van der Waals surface area contributed by atoms with Crippen LogP contribution in [-0.2, 0) is 28.6 Å². The summed E-state index contributed by atoms with van der Waals surface area (Å²) in [7, 11) is 0. The first-order valence-corrected chi connectivity index (χ1v) is 30.5. The molecule has 404 valence electrons. The summed E-state index contributed by atoms with van der Waals surface area (Å²) in [5.41, 5.74) is 0. The van der Waals surface area contributed by atoms with Gasteiger partial charge >= 0.3 is 17.9 Å². The smallest absolute Gasteiger partial charge is 0.306 e. The average Bonchev–Trinajstić information content (AvgIpc) is 3.35. The van der Waals surface area contributed by atoms with Crippen LogP contribution in [0.5, 0.6) is 0 Å². The van der Waals surface area contributed by atoms with Crippen molar-refractivity contribution in [2.24, 2.45) is 0 Å². The van der Waals surface area contributed by atoms with Crippen molar-refractivity contribution in [1.82, 2.24) is 0 Å². The van der Waals surface area contributed by atoms with Gasteiger partial charge in [0.1, 0.15) is 13.2 Å². The Morgan fingerprint density at radius 2 is 0.522 bits per heavy atom. The Morgan fingerprint density at radius 3 is 0.812 bits per heavy atom. The molecule has 1 atom stereocenters. The predicted molar refractivity (Wildman–Crippen MR) is 298 cm³/mol. The summed E-state index contributed by atoms with van der Waals surface area (Å²) < 4.78 is 16.8. The molecule has 69 heavy (non-hydrogen) atoms. The molecule has 0 fully saturated rings. The van der Waals surface area contributed by atoms with Crippen LogP contribution in [0.15, 0.2) is 36.5 Å². The largest absolute Gasteiger partial charge is 0.462 e. The third-order valence-electron chi connectivity index (χ3n) is 13.6. The van der Waals surface area contributed by atoms with Crippen molar-refractivity contribution in [3.63, 3.8) is 0 Å². The highest BCUT2D eigenvalue weighted by Crippen LogP contribution is 2.17. The number of rotatable bonds is 56. The van der Waals surface area contributed by atoms with E-state index < -0.39 is 6.10 Å². The second-order valence-electron chi connectivity index (χ2n) is 20.6. The van der Waals surface area contributed by atoms with Crippen molar-refractivity contribution >= 4 is 17.9 Å². The molecule has 0 radical (unpaired) electrons. The van der Waals surface area contributed by atoms with Gasteiger partial charge in [0.2, 0.25) is 0 Å². The normalized spacial score (nSPS) is 12.2. The zero-order chi connectivity index (χ0) is 50.0. The quantitative estimate of drug-likeness (QED) is 0.0261. The first-order valence-electron chi connectivity index (χ1n) is 30.5. The lowest BCUT2D eigenvalue weighted by atomic mass is 10.0. The summed E-state index contributed by atoms with van der Waals surface area (Å²) in [5.74, 6) is -0.852. The van der Waals surface area contributed by atoms with Crippen LogP contribution in [0.3, 0.4) is 0 Å². The number of unbranched alkanes of at least 4 members (excludes halogenated alkanes) is 39. The first-order chi connectivity index (χ1) is 34.0. The first kappa shape index (κ1) is 66.6. The molecule has 0 aliphatic rings. The van der Waals surface area contributed by atoms with E-state index >= 15 is 0 Å². The molecule has 0 aliphatic heterocycles. The molecule has 0 aromatic heterocycles. The van der Waals surface area contributed by atoms with Crippen LogP contribution in [0.2, 0.25) is 0 Å². The minimum atomic E-state index is -0.764. The van der Waals surface area contributed by atoms with Gasteiger partial charge in [-0.25, -0.2) is 0 Å². The van der Waals surface area contributed by atoms with Crippen molar-refractivity contribution in [3.05, 3.63) is 36.5 Å². The monoisotopic (exact) mass is 969 g/mol. The Morgan fingerprint density at radius 1 is 0.290 bits per heavy atom. The third-order valence-corrected chi connectivity index (χ3v) is 13.6. The molecular formula is C63H116O6. The van der Waals surface area contributed by atoms with Crippen molar-refractivity contribution < 1.29 is 28.6 Å². The fourth-order valence-corrected chi connectivity index (χ4v) is 9.04. The van der Waals surface area contributed by atoms with Gasteiger partial charge in [-0.1, -0.05) is 288 Å². The SMILES string of the molecule is CCCCCCC/C=C\C/C=C\C/C=C\CCCCCCCCCCCCCCCCCCC(=O)OCC(COC(=O)CCCCCCCCCCCC)OC(=O)CCCCCCCCCCCC. The number of carbonyl (C=O) groups excluding carboxylic acids is 3. The lowest BCUT2D eigenvalue weighted by molar-refractivity contribution is -0.167. The number of ether oxygens (including phenoxy) is 3. The third kappa shape index (κ3) is 56.4. The van der Waals surface area contributed by atoms with E-state index in [0.717, 1.165) is 70.6 Å². The van der Waals surface area contributed by atoms with E-state index in [1.807, 2.05) is 0 Å². The highest BCUT2D eigenvalue weighted by atomic mass is 16.6. The molecule has 6 heteroatoms. The summed E-state index contributed by atoms with van der Waals surface area (Å²) in [6.45, 7) is 6.64. The minimum absolute atomic E-state index is 0.0663. The van der Waals surface area contributed by atoms with Crippen LogP contribution in [0.4, 0.5) is 0 Å². The molecule has 0 amide bonds.